The zero-order valence-corrected chi connectivity index (χ0v) is 8.25. The van der Waals surface area contributed by atoms with Crippen LogP contribution in [0.3, 0.4) is 0 Å². The van der Waals surface area contributed by atoms with E-state index in [2.05, 4.69) is 0 Å². The normalized spacial score (nSPS) is 12.5. The summed E-state index contributed by atoms with van der Waals surface area (Å²) in [6, 6.07) is 1.78. The maximum absolute atomic E-state index is 10.6. The highest BCUT2D eigenvalue weighted by Gasteiger charge is 2.19. The second-order valence-electron chi connectivity index (χ2n) is 3.00. The summed E-state index contributed by atoms with van der Waals surface area (Å²) >= 11 is 5.67. The van der Waals surface area contributed by atoms with Crippen LogP contribution in [0, 0.1) is 6.92 Å². The maximum atomic E-state index is 10.6. The van der Waals surface area contributed by atoms with Gasteiger partial charge in [0.25, 0.3) is 0 Å². The monoisotopic (exact) mass is 215 g/mol. The first-order valence-corrected chi connectivity index (χ1v) is 4.28. The smallest absolute Gasteiger partial charge is 0.325 e. The number of carbonyl (C=O) groups is 1. The van der Waals surface area contributed by atoms with E-state index >= 15 is 0 Å². The fourth-order valence-electron chi connectivity index (χ4n) is 1.13. The molecule has 1 rings (SSSR count). The summed E-state index contributed by atoms with van der Waals surface area (Å²) in [6.45, 7) is 1.74. The molecule has 14 heavy (non-hydrogen) atoms. The number of phenolic OH excluding ortho intramolecular Hbond substituents is 1. The summed E-state index contributed by atoms with van der Waals surface area (Å²) < 4.78 is 0. The van der Waals surface area contributed by atoms with Crippen LogP contribution in [0.4, 0.5) is 0 Å². The molecule has 4 N–H and O–H groups in total. The number of halogens is 1. The van der Waals surface area contributed by atoms with Crippen LogP contribution < -0.4 is 5.73 Å². The third-order valence-corrected chi connectivity index (χ3v) is 2.13. The summed E-state index contributed by atoms with van der Waals surface area (Å²) in [6.07, 6.45) is 0. The molecule has 1 aromatic rings. The van der Waals surface area contributed by atoms with Crippen molar-refractivity contribution in [2.24, 2.45) is 5.73 Å². The minimum atomic E-state index is -1.26. The first kappa shape index (κ1) is 10.8. The summed E-state index contributed by atoms with van der Waals surface area (Å²) in [5.74, 6) is -1.48. The average Bonchev–Trinajstić information content (AvgIpc) is 2.09. The van der Waals surface area contributed by atoms with Crippen molar-refractivity contribution in [3.63, 3.8) is 0 Å². The Bertz CT molecular complexity index is 379. The van der Waals surface area contributed by atoms with E-state index in [4.69, 9.17) is 22.4 Å². The number of aryl methyl sites for hydroxylation is 1. The van der Waals surface area contributed by atoms with Gasteiger partial charge in [0.1, 0.15) is 11.8 Å². The van der Waals surface area contributed by atoms with E-state index in [0.717, 1.165) is 5.56 Å². The van der Waals surface area contributed by atoms with E-state index in [-0.39, 0.29) is 16.3 Å². The van der Waals surface area contributed by atoms with Crippen LogP contribution >= 0.6 is 11.6 Å². The Morgan fingerprint density at radius 2 is 2.14 bits per heavy atom. The predicted molar refractivity (Wildman–Crippen MR) is 52.4 cm³/mol. The first-order valence-electron chi connectivity index (χ1n) is 3.91. The molecule has 0 fully saturated rings. The van der Waals surface area contributed by atoms with E-state index in [1.807, 2.05) is 0 Å². The van der Waals surface area contributed by atoms with Crippen molar-refractivity contribution in [2.45, 2.75) is 13.0 Å². The van der Waals surface area contributed by atoms with Gasteiger partial charge < -0.3 is 15.9 Å². The molecule has 0 spiro atoms. The Morgan fingerprint density at radius 1 is 1.57 bits per heavy atom. The number of aliphatic carboxylic acids is 1. The molecule has 1 aromatic carbocycles. The SMILES string of the molecule is Cc1cc(Cl)c(O)c(C(N)C(=O)O)c1. The van der Waals surface area contributed by atoms with E-state index < -0.39 is 12.0 Å². The summed E-state index contributed by atoms with van der Waals surface area (Å²) in [5.41, 5.74) is 6.24. The van der Waals surface area contributed by atoms with Crippen LogP contribution in [0.25, 0.3) is 0 Å². The number of phenols is 1. The van der Waals surface area contributed by atoms with Crippen molar-refractivity contribution >= 4 is 17.6 Å². The lowest BCUT2D eigenvalue weighted by atomic mass is 10.0. The molecule has 76 valence electrons. The molecule has 0 aliphatic carbocycles. The van der Waals surface area contributed by atoms with E-state index in [1.54, 1.807) is 6.92 Å². The fourth-order valence-corrected chi connectivity index (χ4v) is 1.41. The predicted octanol–water partition coefficient (Wildman–Crippen LogP) is 1.44. The van der Waals surface area contributed by atoms with Gasteiger partial charge in [-0.15, -0.1) is 0 Å². The molecule has 0 amide bonds. The van der Waals surface area contributed by atoms with Crippen LogP contribution in [0.2, 0.25) is 5.02 Å². The Balaban J connectivity index is 3.26. The van der Waals surface area contributed by atoms with Gasteiger partial charge >= 0.3 is 5.97 Å². The van der Waals surface area contributed by atoms with Crippen molar-refractivity contribution in [1.29, 1.82) is 0 Å². The Labute approximate surface area is 85.9 Å². The molecule has 0 aromatic heterocycles. The van der Waals surface area contributed by atoms with Crippen molar-refractivity contribution in [3.8, 4) is 5.75 Å². The molecule has 0 radical (unpaired) electrons. The van der Waals surface area contributed by atoms with Crippen molar-refractivity contribution in [2.75, 3.05) is 0 Å². The minimum Gasteiger partial charge on any atom is -0.506 e. The molecule has 1 atom stereocenters. The second-order valence-corrected chi connectivity index (χ2v) is 3.41. The van der Waals surface area contributed by atoms with Gasteiger partial charge in [-0.3, -0.25) is 4.79 Å². The van der Waals surface area contributed by atoms with Gasteiger partial charge in [-0.25, -0.2) is 0 Å². The van der Waals surface area contributed by atoms with Gasteiger partial charge in [0.15, 0.2) is 0 Å². The molecule has 0 aliphatic heterocycles. The standard InChI is InChI=1S/C9H10ClNO3/c1-4-2-5(7(11)9(13)14)8(12)6(10)3-4/h2-3,7,12H,11H2,1H3,(H,13,14). The van der Waals surface area contributed by atoms with Crippen LogP contribution in [0.5, 0.6) is 5.75 Å². The van der Waals surface area contributed by atoms with Gasteiger partial charge in [0, 0.05) is 5.56 Å². The van der Waals surface area contributed by atoms with Crippen molar-refractivity contribution in [1.82, 2.24) is 0 Å². The van der Waals surface area contributed by atoms with E-state index in [1.165, 1.54) is 12.1 Å². The number of hydrogen-bond donors (Lipinski definition) is 3. The topological polar surface area (TPSA) is 83.5 Å². The largest absolute Gasteiger partial charge is 0.506 e. The highest BCUT2D eigenvalue weighted by Crippen LogP contribution is 2.32. The molecule has 1 unspecified atom stereocenters. The number of nitrogens with two attached hydrogens (primary N) is 1. The highest BCUT2D eigenvalue weighted by molar-refractivity contribution is 6.32. The molecule has 5 heteroatoms. The highest BCUT2D eigenvalue weighted by atomic mass is 35.5. The van der Waals surface area contributed by atoms with Crippen LogP contribution in [-0.4, -0.2) is 16.2 Å². The number of carboxylic acid groups (broad SMARTS) is 1. The summed E-state index contributed by atoms with van der Waals surface area (Å²) in [5, 5.41) is 18.2. The number of aromatic hydroxyl groups is 1. The molecule has 0 aliphatic rings. The minimum absolute atomic E-state index is 0.108. The number of benzene rings is 1. The summed E-state index contributed by atoms with van der Waals surface area (Å²) in [7, 11) is 0. The number of carboxylic acids is 1. The Kier molecular flexibility index (Phi) is 2.98. The third kappa shape index (κ3) is 1.97. The lowest BCUT2D eigenvalue weighted by molar-refractivity contribution is -0.138. The van der Waals surface area contributed by atoms with Crippen LogP contribution in [0.1, 0.15) is 17.2 Å². The molecular weight excluding hydrogens is 206 g/mol. The molecule has 0 saturated heterocycles. The molecule has 4 nitrogen and oxygen atoms in total. The first-order chi connectivity index (χ1) is 6.43. The van der Waals surface area contributed by atoms with Gasteiger partial charge in [0.05, 0.1) is 5.02 Å². The van der Waals surface area contributed by atoms with Crippen LogP contribution in [0.15, 0.2) is 12.1 Å². The second kappa shape index (κ2) is 3.86. The molecule has 0 saturated carbocycles. The van der Waals surface area contributed by atoms with Gasteiger partial charge in [-0.05, 0) is 18.6 Å². The molecular formula is C9H10ClNO3. The fraction of sp³-hybridized carbons (Fsp3) is 0.222. The number of rotatable bonds is 2. The lowest BCUT2D eigenvalue weighted by Crippen LogP contribution is -2.20. The molecule has 0 heterocycles. The van der Waals surface area contributed by atoms with E-state index in [0.29, 0.717) is 0 Å². The van der Waals surface area contributed by atoms with Crippen molar-refractivity contribution in [3.05, 3.63) is 28.3 Å². The maximum Gasteiger partial charge on any atom is 0.325 e. The number of hydrogen-bond acceptors (Lipinski definition) is 3. The van der Waals surface area contributed by atoms with Gasteiger partial charge in [-0.2, -0.15) is 0 Å². The average molecular weight is 216 g/mol. The molecule has 0 bridgehead atoms. The van der Waals surface area contributed by atoms with Gasteiger partial charge in [0.2, 0.25) is 0 Å². The quantitative estimate of drug-likeness (QED) is 0.697. The Morgan fingerprint density at radius 3 is 2.64 bits per heavy atom. The van der Waals surface area contributed by atoms with E-state index in [9.17, 15) is 9.90 Å². The lowest BCUT2D eigenvalue weighted by Gasteiger charge is -2.11. The van der Waals surface area contributed by atoms with Crippen LogP contribution in [-0.2, 0) is 4.79 Å². The Hall–Kier alpha value is -1.26. The summed E-state index contributed by atoms with van der Waals surface area (Å²) in [4.78, 5) is 10.6. The third-order valence-electron chi connectivity index (χ3n) is 1.84. The zero-order chi connectivity index (χ0) is 10.9. The zero-order valence-electron chi connectivity index (χ0n) is 7.49. The van der Waals surface area contributed by atoms with Crippen molar-refractivity contribution < 1.29 is 15.0 Å². The van der Waals surface area contributed by atoms with Gasteiger partial charge in [-0.1, -0.05) is 17.7 Å².